The molecule has 1 heterocycles. The van der Waals surface area contributed by atoms with Crippen LogP contribution in [-0.2, 0) is 0 Å². The molecule has 2 rings (SSSR count). The maximum atomic E-state index is 11.8. The molecule has 1 amide bonds. The van der Waals surface area contributed by atoms with E-state index < -0.39 is 0 Å². The Morgan fingerprint density at radius 3 is 2.50 bits per heavy atom. The zero-order valence-corrected chi connectivity index (χ0v) is 10.5. The molecule has 0 saturated carbocycles. The molecule has 2 N–H and O–H groups in total. The average molecular weight is 261 g/mol. The molecular formula is C12H11N3O2S. The van der Waals surface area contributed by atoms with Crippen molar-refractivity contribution in [1.29, 1.82) is 0 Å². The predicted octanol–water partition coefficient (Wildman–Crippen LogP) is 1.74. The molecule has 0 aliphatic carbocycles. The molecule has 1 aromatic heterocycles. The van der Waals surface area contributed by atoms with Crippen molar-refractivity contribution in [1.82, 2.24) is 10.2 Å². The van der Waals surface area contributed by atoms with Crippen LogP contribution in [0.5, 0.6) is 0 Å². The molecule has 6 heteroatoms. The highest BCUT2D eigenvalue weighted by Gasteiger charge is 2.07. The van der Waals surface area contributed by atoms with Gasteiger partial charge < -0.3 is 5.32 Å². The Morgan fingerprint density at radius 2 is 1.94 bits per heavy atom. The van der Waals surface area contributed by atoms with E-state index in [1.807, 2.05) is 30.5 Å². The standard InChI is InChI=1S/C12H11N3O2S/c1-18-9-4-2-8(3-5-9)13-12(17)10-6-7-11(16)15-14-10/h2-7H,1H3,(H,13,17)(H,15,16). The number of rotatable bonds is 3. The number of anilines is 1. The van der Waals surface area contributed by atoms with Crippen molar-refractivity contribution in [2.24, 2.45) is 0 Å². The Kier molecular flexibility index (Phi) is 3.78. The summed E-state index contributed by atoms with van der Waals surface area (Å²) in [6, 6.07) is 10.1. The normalized spacial score (nSPS) is 10.1. The summed E-state index contributed by atoms with van der Waals surface area (Å²) in [5.41, 5.74) is 0.519. The van der Waals surface area contributed by atoms with Gasteiger partial charge in [-0.15, -0.1) is 11.8 Å². The highest BCUT2D eigenvalue weighted by Crippen LogP contribution is 2.17. The smallest absolute Gasteiger partial charge is 0.276 e. The van der Waals surface area contributed by atoms with Crippen molar-refractivity contribution in [2.75, 3.05) is 11.6 Å². The maximum Gasteiger partial charge on any atom is 0.276 e. The van der Waals surface area contributed by atoms with Crippen LogP contribution in [0.25, 0.3) is 0 Å². The summed E-state index contributed by atoms with van der Waals surface area (Å²) in [7, 11) is 0. The second kappa shape index (κ2) is 5.50. The largest absolute Gasteiger partial charge is 0.321 e. The van der Waals surface area contributed by atoms with Gasteiger partial charge >= 0.3 is 0 Å². The van der Waals surface area contributed by atoms with Crippen LogP contribution in [0, 0.1) is 0 Å². The minimum absolute atomic E-state index is 0.170. The predicted molar refractivity (Wildman–Crippen MR) is 71.0 cm³/mol. The molecule has 1 aromatic carbocycles. The van der Waals surface area contributed by atoms with Crippen molar-refractivity contribution in [3.63, 3.8) is 0 Å². The van der Waals surface area contributed by atoms with Gasteiger partial charge in [-0.05, 0) is 36.6 Å². The molecule has 0 bridgehead atoms. The van der Waals surface area contributed by atoms with Gasteiger partial charge in [-0.25, -0.2) is 5.10 Å². The lowest BCUT2D eigenvalue weighted by Gasteiger charge is -2.04. The number of hydrogen-bond acceptors (Lipinski definition) is 4. The fourth-order valence-electron chi connectivity index (χ4n) is 1.34. The number of hydrogen-bond donors (Lipinski definition) is 2. The Labute approximate surface area is 108 Å². The number of benzene rings is 1. The SMILES string of the molecule is CSc1ccc(NC(=O)c2ccc(=O)[nH]n2)cc1. The molecule has 0 atom stereocenters. The molecule has 2 aromatic rings. The molecule has 18 heavy (non-hydrogen) atoms. The van der Waals surface area contributed by atoms with Crippen LogP contribution < -0.4 is 10.9 Å². The first-order valence-corrected chi connectivity index (χ1v) is 6.42. The van der Waals surface area contributed by atoms with E-state index >= 15 is 0 Å². The van der Waals surface area contributed by atoms with Crippen molar-refractivity contribution >= 4 is 23.4 Å². The van der Waals surface area contributed by atoms with Crippen LogP contribution in [0.1, 0.15) is 10.5 Å². The Bertz CT molecular complexity index is 587. The summed E-state index contributed by atoms with van der Waals surface area (Å²) in [6.45, 7) is 0. The van der Waals surface area contributed by atoms with Gasteiger partial charge in [0.2, 0.25) is 0 Å². The van der Waals surface area contributed by atoms with Crippen molar-refractivity contribution in [3.05, 3.63) is 52.4 Å². The molecule has 0 unspecified atom stereocenters. The number of aromatic amines is 1. The van der Waals surface area contributed by atoms with Crippen molar-refractivity contribution in [3.8, 4) is 0 Å². The first kappa shape index (κ1) is 12.4. The van der Waals surface area contributed by atoms with Gasteiger partial charge in [0, 0.05) is 16.6 Å². The zero-order chi connectivity index (χ0) is 13.0. The molecular weight excluding hydrogens is 250 g/mol. The van der Waals surface area contributed by atoms with E-state index in [-0.39, 0.29) is 17.2 Å². The second-order valence-corrected chi connectivity index (χ2v) is 4.37. The topological polar surface area (TPSA) is 74.8 Å². The summed E-state index contributed by atoms with van der Waals surface area (Å²) in [4.78, 5) is 23.7. The Hall–Kier alpha value is -2.08. The lowest BCUT2D eigenvalue weighted by Crippen LogP contribution is -2.17. The Morgan fingerprint density at radius 1 is 1.22 bits per heavy atom. The van der Waals surface area contributed by atoms with E-state index in [9.17, 15) is 9.59 Å². The van der Waals surface area contributed by atoms with E-state index in [1.165, 1.54) is 12.1 Å². The molecule has 0 saturated heterocycles. The van der Waals surface area contributed by atoms with Gasteiger partial charge in [0.25, 0.3) is 11.5 Å². The van der Waals surface area contributed by atoms with Crippen molar-refractivity contribution < 1.29 is 4.79 Å². The maximum absolute atomic E-state index is 11.8. The number of amides is 1. The highest BCUT2D eigenvalue weighted by molar-refractivity contribution is 7.98. The molecule has 0 aliphatic rings. The number of nitrogens with zero attached hydrogens (tertiary/aromatic N) is 1. The number of carbonyl (C=O) groups excluding carboxylic acids is 1. The summed E-state index contributed by atoms with van der Waals surface area (Å²) in [5, 5.41) is 8.57. The fraction of sp³-hybridized carbons (Fsp3) is 0.0833. The van der Waals surface area contributed by atoms with Gasteiger partial charge in [-0.2, -0.15) is 5.10 Å². The van der Waals surface area contributed by atoms with E-state index in [1.54, 1.807) is 11.8 Å². The van der Waals surface area contributed by atoms with Crippen LogP contribution in [0.3, 0.4) is 0 Å². The summed E-state index contributed by atoms with van der Waals surface area (Å²) in [5.74, 6) is -0.358. The lowest BCUT2D eigenvalue weighted by atomic mass is 10.3. The number of H-pyrrole nitrogens is 1. The highest BCUT2D eigenvalue weighted by atomic mass is 32.2. The van der Waals surface area contributed by atoms with Crippen LogP contribution in [-0.4, -0.2) is 22.4 Å². The zero-order valence-electron chi connectivity index (χ0n) is 9.64. The van der Waals surface area contributed by atoms with Gasteiger partial charge in [0.05, 0.1) is 0 Å². The molecule has 0 fully saturated rings. The lowest BCUT2D eigenvalue weighted by molar-refractivity contribution is 0.102. The van der Waals surface area contributed by atoms with E-state index in [0.717, 1.165) is 4.90 Å². The van der Waals surface area contributed by atoms with Gasteiger partial charge in [-0.1, -0.05) is 0 Å². The molecule has 0 radical (unpaired) electrons. The average Bonchev–Trinajstić information content (AvgIpc) is 2.40. The van der Waals surface area contributed by atoms with Crippen molar-refractivity contribution in [2.45, 2.75) is 4.90 Å². The third-order valence-corrected chi connectivity index (χ3v) is 3.00. The van der Waals surface area contributed by atoms with Crippen LogP contribution in [0.2, 0.25) is 0 Å². The number of aromatic nitrogens is 2. The van der Waals surface area contributed by atoms with Gasteiger partial charge in [0.1, 0.15) is 5.69 Å². The molecule has 92 valence electrons. The monoisotopic (exact) mass is 261 g/mol. The quantitative estimate of drug-likeness (QED) is 0.825. The number of nitrogens with one attached hydrogen (secondary N) is 2. The van der Waals surface area contributed by atoms with E-state index in [4.69, 9.17) is 0 Å². The van der Waals surface area contributed by atoms with Gasteiger partial charge in [-0.3, -0.25) is 9.59 Å². The summed E-state index contributed by atoms with van der Waals surface area (Å²) < 4.78 is 0. The van der Waals surface area contributed by atoms with Crippen LogP contribution in [0.4, 0.5) is 5.69 Å². The van der Waals surface area contributed by atoms with Crippen LogP contribution >= 0.6 is 11.8 Å². The molecule has 0 aliphatic heterocycles. The summed E-state index contributed by atoms with van der Waals surface area (Å²) >= 11 is 1.63. The van der Waals surface area contributed by atoms with Gasteiger partial charge in [0.15, 0.2) is 0 Å². The fourth-order valence-corrected chi connectivity index (χ4v) is 1.75. The Balaban J connectivity index is 2.10. The first-order chi connectivity index (χ1) is 8.69. The third kappa shape index (κ3) is 2.98. The molecule has 0 spiro atoms. The molecule has 5 nitrogen and oxygen atoms in total. The van der Waals surface area contributed by atoms with E-state index in [0.29, 0.717) is 5.69 Å². The minimum Gasteiger partial charge on any atom is -0.321 e. The second-order valence-electron chi connectivity index (χ2n) is 3.49. The first-order valence-electron chi connectivity index (χ1n) is 5.20. The van der Waals surface area contributed by atoms with E-state index in [2.05, 4.69) is 15.5 Å². The summed E-state index contributed by atoms with van der Waals surface area (Å²) in [6.07, 6.45) is 1.98. The number of carbonyl (C=O) groups is 1. The van der Waals surface area contributed by atoms with Crippen LogP contribution in [0.15, 0.2) is 46.1 Å². The minimum atomic E-state index is -0.358. The number of thioether (sulfide) groups is 1. The third-order valence-electron chi connectivity index (χ3n) is 2.26.